The van der Waals surface area contributed by atoms with E-state index < -0.39 is 0 Å². The molecule has 236 valence electrons. The van der Waals surface area contributed by atoms with Crippen molar-refractivity contribution in [2.75, 3.05) is 7.11 Å². The fourth-order valence-corrected chi connectivity index (χ4v) is 6.54. The van der Waals surface area contributed by atoms with Crippen molar-refractivity contribution in [3.8, 4) is 39.9 Å². The highest BCUT2D eigenvalue weighted by atomic mass is 16.5. The van der Waals surface area contributed by atoms with Crippen molar-refractivity contribution in [2.45, 2.75) is 47.5 Å². The van der Waals surface area contributed by atoms with E-state index in [0.29, 0.717) is 5.92 Å². The van der Waals surface area contributed by atoms with Gasteiger partial charge in [-0.25, -0.2) is 9.67 Å². The molecule has 0 amide bonds. The van der Waals surface area contributed by atoms with E-state index in [0.717, 1.165) is 80.4 Å². The van der Waals surface area contributed by atoms with Gasteiger partial charge in [0.15, 0.2) is 0 Å². The van der Waals surface area contributed by atoms with E-state index in [-0.39, 0.29) is 0 Å². The standard InChI is InChI=1S/C41H40N4O2/c1-26(2)12-13-30-21-32(45-29(5)41(28(4)43-45)31-10-8-7-9-11-31)23-35(22-30)47-34-14-16-36-37-24-33(46-6)15-17-38(37)44(39(36)25-34)40-20-27(3)18-19-42-40/h7-11,14-26H,12-13H2,1-6H3. The highest BCUT2D eigenvalue weighted by Gasteiger charge is 2.18. The van der Waals surface area contributed by atoms with Gasteiger partial charge in [-0.15, -0.1) is 0 Å². The second-order valence-electron chi connectivity index (χ2n) is 12.8. The first-order chi connectivity index (χ1) is 22.8. The average Bonchev–Trinajstić information content (AvgIpc) is 3.56. The molecule has 47 heavy (non-hydrogen) atoms. The molecule has 0 atom stereocenters. The molecule has 0 fully saturated rings. The Balaban J connectivity index is 1.34. The van der Waals surface area contributed by atoms with E-state index in [2.05, 4.69) is 117 Å². The van der Waals surface area contributed by atoms with Crippen molar-refractivity contribution in [1.29, 1.82) is 0 Å². The molecule has 4 aromatic carbocycles. The van der Waals surface area contributed by atoms with Gasteiger partial charge in [0, 0.05) is 40.4 Å². The molecule has 0 bridgehead atoms. The number of aryl methyl sites for hydroxylation is 3. The minimum Gasteiger partial charge on any atom is -0.497 e. The first kappa shape index (κ1) is 30.3. The molecule has 0 aliphatic rings. The zero-order valence-electron chi connectivity index (χ0n) is 27.9. The number of methoxy groups -OCH3 is 1. The largest absolute Gasteiger partial charge is 0.497 e. The molecule has 7 rings (SSSR count). The molecule has 6 heteroatoms. The van der Waals surface area contributed by atoms with E-state index in [1.165, 1.54) is 16.7 Å². The van der Waals surface area contributed by atoms with Crippen molar-refractivity contribution in [1.82, 2.24) is 19.3 Å². The van der Waals surface area contributed by atoms with Crippen LogP contribution in [0.25, 0.3) is 44.4 Å². The van der Waals surface area contributed by atoms with Gasteiger partial charge in [0.25, 0.3) is 0 Å². The molecular weight excluding hydrogens is 580 g/mol. The minimum absolute atomic E-state index is 0.597. The predicted octanol–water partition coefficient (Wildman–Crippen LogP) is 10.3. The third-order valence-corrected chi connectivity index (χ3v) is 8.87. The van der Waals surface area contributed by atoms with E-state index in [9.17, 15) is 0 Å². The van der Waals surface area contributed by atoms with Crippen molar-refractivity contribution in [3.05, 3.63) is 126 Å². The zero-order valence-corrected chi connectivity index (χ0v) is 27.9. The summed E-state index contributed by atoms with van der Waals surface area (Å²) in [5.74, 6) is 3.82. The van der Waals surface area contributed by atoms with Crippen molar-refractivity contribution in [2.24, 2.45) is 5.92 Å². The summed E-state index contributed by atoms with van der Waals surface area (Å²) in [4.78, 5) is 4.75. The highest BCUT2D eigenvalue weighted by Crippen LogP contribution is 2.37. The van der Waals surface area contributed by atoms with E-state index in [1.54, 1.807) is 7.11 Å². The molecule has 0 spiro atoms. The van der Waals surface area contributed by atoms with Gasteiger partial charge in [-0.3, -0.25) is 4.57 Å². The highest BCUT2D eigenvalue weighted by molar-refractivity contribution is 6.10. The second-order valence-corrected chi connectivity index (χ2v) is 12.8. The number of ether oxygens (including phenoxy) is 2. The molecule has 3 aromatic heterocycles. The molecule has 0 saturated carbocycles. The van der Waals surface area contributed by atoms with Crippen LogP contribution >= 0.6 is 0 Å². The normalized spacial score (nSPS) is 11.6. The number of pyridine rings is 1. The van der Waals surface area contributed by atoms with Gasteiger partial charge in [0.2, 0.25) is 0 Å². The summed E-state index contributed by atoms with van der Waals surface area (Å²) in [6, 6.07) is 33.6. The van der Waals surface area contributed by atoms with Crippen LogP contribution in [0.15, 0.2) is 103 Å². The van der Waals surface area contributed by atoms with Crippen LogP contribution in [0.4, 0.5) is 0 Å². The number of aromatic nitrogens is 4. The maximum Gasteiger partial charge on any atom is 0.137 e. The Morgan fingerprint density at radius 2 is 1.55 bits per heavy atom. The molecule has 0 aliphatic carbocycles. The Bertz CT molecular complexity index is 2230. The van der Waals surface area contributed by atoms with Gasteiger partial charge < -0.3 is 9.47 Å². The quantitative estimate of drug-likeness (QED) is 0.161. The topological polar surface area (TPSA) is 54.1 Å². The molecule has 7 aromatic rings. The summed E-state index contributed by atoms with van der Waals surface area (Å²) in [7, 11) is 1.70. The van der Waals surface area contributed by atoms with Crippen LogP contribution in [0, 0.1) is 26.7 Å². The summed E-state index contributed by atoms with van der Waals surface area (Å²) in [6.45, 7) is 10.8. The minimum atomic E-state index is 0.597. The molecule has 0 aliphatic heterocycles. The Labute approximate surface area is 276 Å². The molecule has 0 unspecified atom stereocenters. The van der Waals surface area contributed by atoms with Crippen molar-refractivity contribution < 1.29 is 9.47 Å². The molecule has 0 radical (unpaired) electrons. The predicted molar refractivity (Wildman–Crippen MR) is 192 cm³/mol. The van der Waals surface area contributed by atoms with Crippen LogP contribution in [0.3, 0.4) is 0 Å². The first-order valence-electron chi connectivity index (χ1n) is 16.3. The Morgan fingerprint density at radius 3 is 2.32 bits per heavy atom. The second kappa shape index (κ2) is 12.4. The van der Waals surface area contributed by atoms with Crippen LogP contribution in [0.5, 0.6) is 17.2 Å². The lowest BCUT2D eigenvalue weighted by Gasteiger charge is -2.14. The number of hydrogen-bond donors (Lipinski definition) is 0. The number of benzene rings is 4. The van der Waals surface area contributed by atoms with Crippen LogP contribution in [0.1, 0.15) is 42.8 Å². The SMILES string of the molecule is COc1ccc2c(c1)c1ccc(Oc3cc(CCC(C)C)cc(-n4nc(C)c(-c5ccccc5)c4C)c3)cc1n2-c1cc(C)ccn1. The van der Waals surface area contributed by atoms with Gasteiger partial charge in [0.1, 0.15) is 23.1 Å². The van der Waals surface area contributed by atoms with Crippen LogP contribution in [0.2, 0.25) is 0 Å². The summed E-state index contributed by atoms with van der Waals surface area (Å²) in [5, 5.41) is 7.22. The number of fused-ring (bicyclic) bond motifs is 3. The van der Waals surface area contributed by atoms with E-state index in [4.69, 9.17) is 19.6 Å². The van der Waals surface area contributed by atoms with Gasteiger partial charge in [-0.2, -0.15) is 5.10 Å². The monoisotopic (exact) mass is 620 g/mol. The third-order valence-electron chi connectivity index (χ3n) is 8.87. The number of hydrogen-bond acceptors (Lipinski definition) is 4. The van der Waals surface area contributed by atoms with Gasteiger partial charge in [-0.05, 0) is 111 Å². The molecule has 3 heterocycles. The smallest absolute Gasteiger partial charge is 0.137 e. The summed E-state index contributed by atoms with van der Waals surface area (Å²) < 4.78 is 16.6. The Kier molecular flexibility index (Phi) is 8.02. The van der Waals surface area contributed by atoms with Gasteiger partial charge >= 0.3 is 0 Å². The lowest BCUT2D eigenvalue weighted by Crippen LogP contribution is -2.02. The van der Waals surface area contributed by atoms with Crippen molar-refractivity contribution in [3.63, 3.8) is 0 Å². The van der Waals surface area contributed by atoms with Crippen LogP contribution in [-0.2, 0) is 6.42 Å². The lowest BCUT2D eigenvalue weighted by atomic mass is 10.0. The van der Waals surface area contributed by atoms with Crippen LogP contribution < -0.4 is 9.47 Å². The van der Waals surface area contributed by atoms with Crippen LogP contribution in [-0.4, -0.2) is 26.4 Å². The summed E-state index contributed by atoms with van der Waals surface area (Å²) >= 11 is 0. The average molecular weight is 621 g/mol. The summed E-state index contributed by atoms with van der Waals surface area (Å²) in [5.41, 5.74) is 9.90. The van der Waals surface area contributed by atoms with Crippen molar-refractivity contribution >= 4 is 21.8 Å². The fraction of sp³-hybridized carbons (Fsp3) is 0.220. The maximum absolute atomic E-state index is 6.71. The van der Waals surface area contributed by atoms with E-state index >= 15 is 0 Å². The van der Waals surface area contributed by atoms with Gasteiger partial charge in [-0.1, -0.05) is 44.2 Å². The Hall–Kier alpha value is -5.36. The maximum atomic E-state index is 6.71. The zero-order chi connectivity index (χ0) is 32.7. The molecule has 6 nitrogen and oxygen atoms in total. The number of rotatable bonds is 9. The van der Waals surface area contributed by atoms with E-state index in [1.807, 2.05) is 30.5 Å². The lowest BCUT2D eigenvalue weighted by molar-refractivity contribution is 0.415. The summed E-state index contributed by atoms with van der Waals surface area (Å²) in [6.07, 6.45) is 3.91. The Morgan fingerprint density at radius 1 is 0.745 bits per heavy atom. The fourth-order valence-electron chi connectivity index (χ4n) is 6.54. The molecular formula is C41H40N4O2. The first-order valence-corrected chi connectivity index (χ1v) is 16.3. The number of nitrogens with zero attached hydrogens (tertiary/aromatic N) is 4. The van der Waals surface area contributed by atoms with Gasteiger partial charge in [0.05, 0.1) is 29.5 Å². The third kappa shape index (κ3) is 5.87. The molecule has 0 saturated heterocycles. The molecule has 0 N–H and O–H groups in total.